The van der Waals surface area contributed by atoms with Gasteiger partial charge >= 0.3 is 5.69 Å². The summed E-state index contributed by atoms with van der Waals surface area (Å²) in [7, 11) is 0. The minimum atomic E-state index is -0.716. The maximum Gasteiger partial charge on any atom is 0.330 e. The fourth-order valence-electron chi connectivity index (χ4n) is 5.26. The molecule has 6 rings (SSSR count). The maximum atomic E-state index is 13.9. The number of nitrogens with zero attached hydrogens (tertiary/aromatic N) is 5. The minimum absolute atomic E-state index is 0.0479. The molecule has 0 atom stereocenters. The number of fused-ring (bicyclic) bond motifs is 1. The summed E-state index contributed by atoms with van der Waals surface area (Å²) in [5, 5.41) is 11.0. The molecule has 4 N–H and O–H groups in total. The highest BCUT2D eigenvalue weighted by molar-refractivity contribution is 7.99. The van der Waals surface area contributed by atoms with E-state index in [1.165, 1.54) is 21.2 Å². The van der Waals surface area contributed by atoms with Gasteiger partial charge in [0, 0.05) is 39.9 Å². The van der Waals surface area contributed by atoms with Crippen molar-refractivity contribution in [3.8, 4) is 17.1 Å². The molecule has 0 saturated carbocycles. The highest BCUT2D eigenvalue weighted by Crippen LogP contribution is 2.33. The summed E-state index contributed by atoms with van der Waals surface area (Å²) in [6.45, 7) is 2.37. The van der Waals surface area contributed by atoms with Crippen LogP contribution in [0.15, 0.2) is 99.8 Å². The van der Waals surface area contributed by atoms with Gasteiger partial charge in [0.15, 0.2) is 16.7 Å². The van der Waals surface area contributed by atoms with E-state index >= 15 is 0 Å². The topological polar surface area (TPSA) is 148 Å². The first-order chi connectivity index (χ1) is 22.4. The number of para-hydroxylation sites is 1. The van der Waals surface area contributed by atoms with Crippen LogP contribution in [0, 0.1) is 0 Å². The van der Waals surface area contributed by atoms with Gasteiger partial charge in [-0.05, 0) is 42.3 Å². The number of aromatic amines is 2. The molecule has 0 unspecified atom stereocenters. The van der Waals surface area contributed by atoms with E-state index in [1.807, 2.05) is 84.4 Å². The number of thioether (sulfide) groups is 1. The summed E-state index contributed by atoms with van der Waals surface area (Å²) in [6.07, 6.45) is 3.28. The Hall–Kier alpha value is -5.07. The molecule has 13 heteroatoms. The molecule has 46 heavy (non-hydrogen) atoms. The van der Waals surface area contributed by atoms with Crippen LogP contribution in [-0.2, 0) is 11.3 Å². The zero-order chi connectivity index (χ0) is 32.2. The van der Waals surface area contributed by atoms with E-state index in [1.54, 1.807) is 12.1 Å². The summed E-state index contributed by atoms with van der Waals surface area (Å²) in [5.41, 5.74) is 8.45. The Labute approximate surface area is 273 Å². The van der Waals surface area contributed by atoms with Crippen molar-refractivity contribution < 1.29 is 4.79 Å². The summed E-state index contributed by atoms with van der Waals surface area (Å²) in [4.78, 5) is 46.9. The van der Waals surface area contributed by atoms with Crippen molar-refractivity contribution in [2.24, 2.45) is 0 Å². The molecule has 0 aliphatic heterocycles. The fraction of sp³-hybridized carbons (Fsp3) is 0.182. The summed E-state index contributed by atoms with van der Waals surface area (Å²) in [6, 6.07) is 24.5. The molecule has 0 bridgehead atoms. The third kappa shape index (κ3) is 6.22. The van der Waals surface area contributed by atoms with Gasteiger partial charge in [0.1, 0.15) is 5.82 Å². The van der Waals surface area contributed by atoms with Crippen LogP contribution in [0.25, 0.3) is 28.0 Å². The van der Waals surface area contributed by atoms with Crippen LogP contribution < -0.4 is 21.9 Å². The molecule has 0 spiro atoms. The van der Waals surface area contributed by atoms with Gasteiger partial charge in [-0.3, -0.25) is 23.7 Å². The number of rotatable bonds is 11. The Kier molecular flexibility index (Phi) is 9.08. The van der Waals surface area contributed by atoms with Crippen LogP contribution in [0.3, 0.4) is 0 Å². The smallest absolute Gasteiger partial charge is 0.330 e. The first kappa shape index (κ1) is 30.9. The van der Waals surface area contributed by atoms with Gasteiger partial charge in [0.05, 0.1) is 12.3 Å². The van der Waals surface area contributed by atoms with Gasteiger partial charge in [-0.2, -0.15) is 0 Å². The zero-order valence-electron chi connectivity index (χ0n) is 24.9. The van der Waals surface area contributed by atoms with Crippen LogP contribution in [0.5, 0.6) is 0 Å². The number of nitrogens with two attached hydrogens (primary N) is 1. The molecular weight excluding hydrogens is 624 g/mol. The third-order valence-corrected chi connectivity index (χ3v) is 8.74. The second-order valence-electron chi connectivity index (χ2n) is 10.6. The Bertz CT molecular complexity index is 2120. The molecule has 0 aliphatic rings. The average Bonchev–Trinajstić information content (AvgIpc) is 3.68. The molecule has 6 aromatic rings. The molecule has 3 heterocycles. The number of hydrogen-bond acceptors (Lipinski definition) is 7. The molecule has 3 aromatic carbocycles. The van der Waals surface area contributed by atoms with Gasteiger partial charge in [-0.1, -0.05) is 85.2 Å². The minimum Gasteiger partial charge on any atom is -0.383 e. The number of halogens is 1. The Balaban J connectivity index is 1.35. The number of nitrogen functional groups attached to an aromatic ring is 1. The number of amides is 1. The first-order valence-corrected chi connectivity index (χ1v) is 16.1. The normalized spacial score (nSPS) is 11.3. The second-order valence-corrected chi connectivity index (χ2v) is 12.0. The van der Waals surface area contributed by atoms with Crippen molar-refractivity contribution in [2.45, 2.75) is 31.5 Å². The van der Waals surface area contributed by atoms with Crippen molar-refractivity contribution in [1.82, 2.24) is 29.3 Å². The van der Waals surface area contributed by atoms with Gasteiger partial charge in [-0.25, -0.2) is 4.79 Å². The lowest BCUT2D eigenvalue weighted by molar-refractivity contribution is -0.116. The van der Waals surface area contributed by atoms with Crippen LogP contribution in [0.1, 0.15) is 25.3 Å². The Morgan fingerprint density at radius 3 is 2.50 bits per heavy atom. The van der Waals surface area contributed by atoms with Gasteiger partial charge in [-0.15, -0.1) is 10.2 Å². The average molecular weight is 655 g/mol. The molecule has 11 nitrogen and oxygen atoms in total. The van der Waals surface area contributed by atoms with E-state index in [0.717, 1.165) is 34.1 Å². The largest absolute Gasteiger partial charge is 0.383 e. The molecule has 0 aliphatic carbocycles. The molecule has 0 radical (unpaired) electrons. The van der Waals surface area contributed by atoms with E-state index < -0.39 is 11.2 Å². The van der Waals surface area contributed by atoms with Crippen LogP contribution in [-0.4, -0.2) is 47.5 Å². The summed E-state index contributed by atoms with van der Waals surface area (Å²) < 4.78 is 3.15. The number of carbonyl (C=O) groups excluding carboxylic acids is 1. The number of aromatic nitrogens is 6. The monoisotopic (exact) mass is 654 g/mol. The third-order valence-electron chi connectivity index (χ3n) is 7.58. The van der Waals surface area contributed by atoms with Crippen molar-refractivity contribution in [1.29, 1.82) is 0 Å². The number of unbranched alkanes of at least 4 members (excludes halogenated alkanes) is 1. The van der Waals surface area contributed by atoms with Crippen molar-refractivity contribution >= 4 is 51.7 Å². The molecule has 234 valence electrons. The van der Waals surface area contributed by atoms with E-state index in [0.29, 0.717) is 22.4 Å². The standard InChI is InChI=1S/C33H31ClN8O3S/c1-2-3-17-40(28-29(35)41(32(45)37-31(28)44)19-21-9-5-4-6-10-21)27(43)20-46-33-39-38-30(42(33)23-15-13-22(34)14-16-23)25-18-36-26-12-8-7-11-24(25)26/h4-16,18,36H,2-3,17,19-20,35H2,1H3,(H,37,44,45). The van der Waals surface area contributed by atoms with E-state index in [9.17, 15) is 14.4 Å². The number of H-pyrrole nitrogens is 2. The quantitative estimate of drug-likeness (QED) is 0.157. The van der Waals surface area contributed by atoms with Crippen molar-refractivity contribution in [2.75, 3.05) is 22.9 Å². The molecule has 3 aromatic heterocycles. The molecule has 0 fully saturated rings. The Morgan fingerprint density at radius 2 is 1.74 bits per heavy atom. The predicted octanol–water partition coefficient (Wildman–Crippen LogP) is 5.47. The lowest BCUT2D eigenvalue weighted by Gasteiger charge is -2.24. The molecule has 0 saturated heterocycles. The summed E-state index contributed by atoms with van der Waals surface area (Å²) in [5.74, 6) is 0.0872. The van der Waals surface area contributed by atoms with Gasteiger partial charge in [0.2, 0.25) is 5.91 Å². The SMILES string of the molecule is CCCCN(C(=O)CSc1nnc(-c2c[nH]c3ccccc23)n1-c1ccc(Cl)cc1)c1c(N)n(Cc2ccccc2)c(=O)[nH]c1=O. The lowest BCUT2D eigenvalue weighted by Crippen LogP contribution is -2.42. The number of anilines is 2. The van der Waals surface area contributed by atoms with Gasteiger partial charge < -0.3 is 15.6 Å². The first-order valence-electron chi connectivity index (χ1n) is 14.7. The molecular formula is C33H31ClN8O3S. The highest BCUT2D eigenvalue weighted by Gasteiger charge is 2.26. The van der Waals surface area contributed by atoms with Crippen molar-refractivity contribution in [3.05, 3.63) is 116 Å². The van der Waals surface area contributed by atoms with E-state index in [4.69, 9.17) is 17.3 Å². The highest BCUT2D eigenvalue weighted by atomic mass is 35.5. The van der Waals surface area contributed by atoms with Crippen molar-refractivity contribution in [3.63, 3.8) is 0 Å². The van der Waals surface area contributed by atoms with E-state index in [2.05, 4.69) is 20.2 Å². The maximum absolute atomic E-state index is 13.9. The summed E-state index contributed by atoms with van der Waals surface area (Å²) >= 11 is 7.39. The Morgan fingerprint density at radius 1 is 1.00 bits per heavy atom. The second kappa shape index (κ2) is 13.5. The van der Waals surface area contributed by atoms with Gasteiger partial charge in [0.25, 0.3) is 5.56 Å². The number of carbonyl (C=O) groups is 1. The fourth-order valence-corrected chi connectivity index (χ4v) is 6.21. The predicted molar refractivity (Wildman–Crippen MR) is 183 cm³/mol. The number of benzene rings is 3. The van der Waals surface area contributed by atoms with Crippen LogP contribution in [0.2, 0.25) is 5.02 Å². The lowest BCUT2D eigenvalue weighted by atomic mass is 10.1. The van der Waals surface area contributed by atoms with Crippen LogP contribution in [0.4, 0.5) is 11.5 Å². The zero-order valence-corrected chi connectivity index (χ0v) is 26.5. The number of hydrogen-bond donors (Lipinski definition) is 3. The molecule has 1 amide bonds. The number of nitrogens with one attached hydrogen (secondary N) is 2. The van der Waals surface area contributed by atoms with E-state index in [-0.39, 0.29) is 36.3 Å². The van der Waals surface area contributed by atoms with Crippen LogP contribution >= 0.6 is 23.4 Å².